The van der Waals surface area contributed by atoms with E-state index in [1.807, 2.05) is 0 Å². The summed E-state index contributed by atoms with van der Waals surface area (Å²) in [7, 11) is -2.36. The predicted octanol–water partition coefficient (Wildman–Crippen LogP) is 3.73. The summed E-state index contributed by atoms with van der Waals surface area (Å²) in [5.41, 5.74) is 1.56. The van der Waals surface area contributed by atoms with Crippen molar-refractivity contribution in [3.63, 3.8) is 0 Å². The molecule has 0 saturated carbocycles. The number of carbonyl (C=O) groups is 2. The predicted molar refractivity (Wildman–Crippen MR) is 124 cm³/mol. The van der Waals surface area contributed by atoms with Crippen molar-refractivity contribution in [2.45, 2.75) is 44.3 Å². The number of benzene rings is 1. The van der Waals surface area contributed by atoms with E-state index in [0.717, 1.165) is 36.1 Å². The Morgan fingerprint density at radius 2 is 1.88 bits per heavy atom. The van der Waals surface area contributed by atoms with E-state index >= 15 is 0 Å². The third-order valence-corrected chi connectivity index (χ3v) is 9.35. The molecule has 4 rings (SSSR count). The van der Waals surface area contributed by atoms with Gasteiger partial charge in [0.05, 0.1) is 18.4 Å². The first-order valence-electron chi connectivity index (χ1n) is 11.0. The maximum Gasteiger partial charge on any atom is 0.341 e. The number of nitrogens with zero attached hydrogens (tertiary/aromatic N) is 1. The number of esters is 1. The molecule has 33 heavy (non-hydrogen) atoms. The van der Waals surface area contributed by atoms with Crippen molar-refractivity contribution in [1.29, 1.82) is 0 Å². The number of fused-ring (bicyclic) bond motifs is 1. The Hall–Kier alpha value is -2.30. The smallest absolute Gasteiger partial charge is 0.341 e. The molecule has 10 heteroatoms. The standard InChI is InChI=1S/C23H27FN2O5S2/c1-31-23(28)20-17-7-3-5-9-19(17)32-22(20)25-21(27)15-10-12-26(13-11-15)33(29,30)14-16-6-2-4-8-18(16)24/h2,4,6,8,15H,3,5,7,9-14H2,1H3,(H,25,27). The summed E-state index contributed by atoms with van der Waals surface area (Å²) in [5.74, 6) is -1.98. The second-order valence-electron chi connectivity index (χ2n) is 8.42. The molecule has 0 unspecified atom stereocenters. The number of piperidine rings is 1. The van der Waals surface area contributed by atoms with E-state index in [4.69, 9.17) is 4.74 Å². The van der Waals surface area contributed by atoms with E-state index in [1.165, 1.54) is 41.0 Å². The van der Waals surface area contributed by atoms with Gasteiger partial charge in [-0.05, 0) is 50.2 Å². The SMILES string of the molecule is COC(=O)c1c(NC(=O)C2CCN(S(=O)(=O)Cc3ccccc3F)CC2)sc2c1CCCC2. The zero-order chi connectivity index (χ0) is 23.6. The lowest BCUT2D eigenvalue weighted by molar-refractivity contribution is -0.120. The minimum absolute atomic E-state index is 0.134. The van der Waals surface area contributed by atoms with Crippen LogP contribution in [-0.4, -0.2) is 44.8 Å². The number of aryl methyl sites for hydroxylation is 1. The zero-order valence-corrected chi connectivity index (χ0v) is 20.1. The molecule has 1 fully saturated rings. The molecule has 0 bridgehead atoms. The van der Waals surface area contributed by atoms with E-state index in [2.05, 4.69) is 5.32 Å². The molecule has 1 amide bonds. The molecule has 1 aromatic carbocycles. The quantitative estimate of drug-likeness (QED) is 0.618. The number of rotatable bonds is 6. The summed E-state index contributed by atoms with van der Waals surface area (Å²) < 4.78 is 45.7. The zero-order valence-electron chi connectivity index (χ0n) is 18.4. The molecule has 7 nitrogen and oxygen atoms in total. The first-order chi connectivity index (χ1) is 15.8. The van der Waals surface area contributed by atoms with Gasteiger partial charge in [0.1, 0.15) is 10.8 Å². The Bertz CT molecular complexity index is 1150. The van der Waals surface area contributed by atoms with Gasteiger partial charge in [0, 0.05) is 29.4 Å². The average molecular weight is 495 g/mol. The van der Waals surface area contributed by atoms with Gasteiger partial charge >= 0.3 is 5.97 Å². The molecule has 2 heterocycles. The Labute approximate surface area is 197 Å². The molecule has 0 spiro atoms. The lowest BCUT2D eigenvalue weighted by atomic mass is 9.95. The van der Waals surface area contributed by atoms with E-state index in [1.54, 1.807) is 6.07 Å². The van der Waals surface area contributed by atoms with Crippen molar-refractivity contribution in [1.82, 2.24) is 4.31 Å². The highest BCUT2D eigenvalue weighted by Crippen LogP contribution is 2.39. The lowest BCUT2D eigenvalue weighted by Gasteiger charge is -2.30. The molecule has 178 valence electrons. The molecule has 2 aromatic rings. The Kier molecular flexibility index (Phi) is 7.16. The van der Waals surface area contributed by atoms with Crippen LogP contribution in [0.25, 0.3) is 0 Å². The second kappa shape index (κ2) is 9.90. The number of thiophene rings is 1. The third kappa shape index (κ3) is 5.12. The summed E-state index contributed by atoms with van der Waals surface area (Å²) >= 11 is 1.43. The molecule has 2 aliphatic rings. The van der Waals surface area contributed by atoms with Crippen LogP contribution in [0.4, 0.5) is 9.39 Å². The van der Waals surface area contributed by atoms with Crippen LogP contribution in [0.2, 0.25) is 0 Å². The van der Waals surface area contributed by atoms with Gasteiger partial charge in [-0.1, -0.05) is 18.2 Å². The van der Waals surface area contributed by atoms with Gasteiger partial charge in [-0.3, -0.25) is 4.79 Å². The summed E-state index contributed by atoms with van der Waals surface area (Å²) in [6.45, 7) is 0.388. The minimum atomic E-state index is -3.69. The minimum Gasteiger partial charge on any atom is -0.465 e. The van der Waals surface area contributed by atoms with Gasteiger partial charge in [0.15, 0.2) is 0 Å². The topological polar surface area (TPSA) is 92.8 Å². The molecule has 0 radical (unpaired) electrons. The molecular weight excluding hydrogens is 467 g/mol. The number of anilines is 1. The Balaban J connectivity index is 1.41. The van der Waals surface area contributed by atoms with Crippen LogP contribution in [-0.2, 0) is 38.1 Å². The maximum atomic E-state index is 13.9. The van der Waals surface area contributed by atoms with Crippen LogP contribution in [0.3, 0.4) is 0 Å². The maximum absolute atomic E-state index is 13.9. The van der Waals surface area contributed by atoms with Crippen molar-refractivity contribution in [2.75, 3.05) is 25.5 Å². The molecule has 1 aromatic heterocycles. The Morgan fingerprint density at radius 1 is 1.18 bits per heavy atom. The van der Waals surface area contributed by atoms with E-state index in [9.17, 15) is 22.4 Å². The fourth-order valence-corrected chi connectivity index (χ4v) is 7.34. The van der Waals surface area contributed by atoms with Crippen LogP contribution < -0.4 is 5.32 Å². The van der Waals surface area contributed by atoms with Gasteiger partial charge in [-0.25, -0.2) is 21.9 Å². The number of carbonyl (C=O) groups excluding carboxylic acids is 2. The third-order valence-electron chi connectivity index (χ3n) is 6.31. The van der Waals surface area contributed by atoms with Crippen molar-refractivity contribution < 1.29 is 27.1 Å². The summed E-state index contributed by atoms with van der Waals surface area (Å²) in [4.78, 5) is 26.5. The first-order valence-corrected chi connectivity index (χ1v) is 13.5. The van der Waals surface area contributed by atoms with Gasteiger partial charge in [0.25, 0.3) is 0 Å². The number of nitrogens with one attached hydrogen (secondary N) is 1. The summed E-state index contributed by atoms with van der Waals surface area (Å²) in [5, 5.41) is 3.44. The van der Waals surface area contributed by atoms with E-state index in [0.29, 0.717) is 23.4 Å². The van der Waals surface area contributed by atoms with Crippen molar-refractivity contribution in [3.8, 4) is 0 Å². The number of ether oxygens (including phenoxy) is 1. The van der Waals surface area contributed by atoms with E-state index in [-0.39, 0.29) is 30.5 Å². The van der Waals surface area contributed by atoms with Gasteiger partial charge < -0.3 is 10.1 Å². The van der Waals surface area contributed by atoms with Crippen molar-refractivity contribution >= 4 is 38.2 Å². The van der Waals surface area contributed by atoms with Crippen LogP contribution in [0.5, 0.6) is 0 Å². The molecule has 1 aliphatic carbocycles. The number of halogens is 1. The van der Waals surface area contributed by atoms with Crippen LogP contribution in [0.1, 0.15) is 52.0 Å². The monoisotopic (exact) mass is 494 g/mol. The van der Waals surface area contributed by atoms with Crippen LogP contribution >= 0.6 is 11.3 Å². The van der Waals surface area contributed by atoms with Crippen molar-refractivity contribution in [2.24, 2.45) is 5.92 Å². The summed E-state index contributed by atoms with van der Waals surface area (Å²) in [6.07, 6.45) is 4.47. The van der Waals surface area contributed by atoms with Gasteiger partial charge in [-0.15, -0.1) is 11.3 Å². The average Bonchev–Trinajstić information content (AvgIpc) is 3.17. The molecule has 1 saturated heterocycles. The fourth-order valence-electron chi connectivity index (χ4n) is 4.49. The van der Waals surface area contributed by atoms with Gasteiger partial charge in [0.2, 0.25) is 15.9 Å². The molecular formula is C23H27FN2O5S2. The fraction of sp³-hybridized carbons (Fsp3) is 0.478. The van der Waals surface area contributed by atoms with Crippen LogP contribution in [0, 0.1) is 11.7 Å². The second-order valence-corrected chi connectivity index (χ2v) is 11.5. The number of hydrogen-bond donors (Lipinski definition) is 1. The largest absolute Gasteiger partial charge is 0.465 e. The Morgan fingerprint density at radius 3 is 2.58 bits per heavy atom. The lowest BCUT2D eigenvalue weighted by Crippen LogP contribution is -2.42. The highest BCUT2D eigenvalue weighted by atomic mass is 32.2. The molecule has 1 N–H and O–H groups in total. The van der Waals surface area contributed by atoms with Gasteiger partial charge in [-0.2, -0.15) is 0 Å². The molecule has 1 aliphatic heterocycles. The number of hydrogen-bond acceptors (Lipinski definition) is 6. The highest BCUT2D eigenvalue weighted by molar-refractivity contribution is 7.88. The number of methoxy groups -OCH3 is 1. The first kappa shape index (κ1) is 23.8. The molecule has 0 atom stereocenters. The number of sulfonamides is 1. The van der Waals surface area contributed by atoms with Crippen molar-refractivity contribution in [3.05, 3.63) is 51.7 Å². The normalized spacial score (nSPS) is 17.4. The van der Waals surface area contributed by atoms with E-state index < -0.39 is 27.6 Å². The number of amides is 1. The van der Waals surface area contributed by atoms with Crippen LogP contribution in [0.15, 0.2) is 24.3 Å². The summed E-state index contributed by atoms with van der Waals surface area (Å²) in [6, 6.07) is 5.83. The highest BCUT2D eigenvalue weighted by Gasteiger charge is 2.33.